The van der Waals surface area contributed by atoms with E-state index < -0.39 is 4.92 Å². The van der Waals surface area contributed by atoms with Crippen LogP contribution in [0.2, 0.25) is 0 Å². The van der Waals surface area contributed by atoms with Gasteiger partial charge in [-0.2, -0.15) is 5.10 Å². The average Bonchev–Trinajstić information content (AvgIpc) is 3.10. The Labute approximate surface area is 129 Å². The van der Waals surface area contributed by atoms with Gasteiger partial charge in [-0.1, -0.05) is 6.92 Å². The molecule has 0 bridgehead atoms. The second-order valence-corrected chi connectivity index (χ2v) is 6.71. The van der Waals surface area contributed by atoms with E-state index in [1.165, 1.54) is 33.8 Å². The smallest absolute Gasteiger partial charge is 0.258 e. The Morgan fingerprint density at radius 2 is 2.32 bits per heavy atom. The standard InChI is InChI=1S/C14H13N5O2S/c1-8-2-3-10-11(4-8)22-14-12(10)13(15-7-16-14)18-6-9(5-17-18)19(20)21/h5-8H,2-4H2,1H3/t8-/m0/s1. The van der Waals surface area contributed by atoms with Gasteiger partial charge in [0.15, 0.2) is 5.82 Å². The van der Waals surface area contributed by atoms with Crippen molar-refractivity contribution >= 4 is 27.2 Å². The molecule has 7 nitrogen and oxygen atoms in total. The Kier molecular flexibility index (Phi) is 2.93. The molecule has 1 atom stereocenters. The van der Waals surface area contributed by atoms with E-state index in [-0.39, 0.29) is 5.69 Å². The molecular formula is C14H13N5O2S. The van der Waals surface area contributed by atoms with Crippen molar-refractivity contribution < 1.29 is 4.92 Å². The third-order valence-electron chi connectivity index (χ3n) is 4.07. The number of hydrogen-bond donors (Lipinski definition) is 0. The lowest BCUT2D eigenvalue weighted by Gasteiger charge is -2.18. The zero-order chi connectivity index (χ0) is 15.3. The van der Waals surface area contributed by atoms with E-state index in [4.69, 9.17) is 0 Å². The van der Waals surface area contributed by atoms with Gasteiger partial charge in [-0.15, -0.1) is 11.3 Å². The summed E-state index contributed by atoms with van der Waals surface area (Å²) in [6.45, 7) is 2.26. The minimum atomic E-state index is -0.452. The third kappa shape index (κ3) is 1.98. The van der Waals surface area contributed by atoms with Crippen LogP contribution in [0.3, 0.4) is 0 Å². The first-order valence-electron chi connectivity index (χ1n) is 7.08. The van der Waals surface area contributed by atoms with Gasteiger partial charge in [0.25, 0.3) is 0 Å². The highest BCUT2D eigenvalue weighted by molar-refractivity contribution is 7.18. The zero-order valence-electron chi connectivity index (χ0n) is 11.9. The van der Waals surface area contributed by atoms with Crippen molar-refractivity contribution in [3.63, 3.8) is 0 Å². The van der Waals surface area contributed by atoms with Crippen LogP contribution in [0.1, 0.15) is 23.8 Å². The Morgan fingerprint density at radius 3 is 3.09 bits per heavy atom. The predicted octanol–water partition coefficient (Wildman–Crippen LogP) is 2.91. The first-order valence-corrected chi connectivity index (χ1v) is 7.90. The van der Waals surface area contributed by atoms with Crippen LogP contribution in [-0.2, 0) is 12.8 Å². The molecule has 0 saturated heterocycles. The van der Waals surface area contributed by atoms with E-state index >= 15 is 0 Å². The van der Waals surface area contributed by atoms with Crippen molar-refractivity contribution in [2.24, 2.45) is 5.92 Å². The first kappa shape index (κ1) is 13.3. The van der Waals surface area contributed by atoms with Crippen LogP contribution in [0.15, 0.2) is 18.7 Å². The Balaban J connectivity index is 1.92. The predicted molar refractivity (Wildman–Crippen MR) is 82.4 cm³/mol. The molecule has 3 aromatic rings. The fraction of sp³-hybridized carbons (Fsp3) is 0.357. The molecule has 0 spiro atoms. The van der Waals surface area contributed by atoms with Crippen molar-refractivity contribution in [3.05, 3.63) is 39.3 Å². The highest BCUT2D eigenvalue weighted by Crippen LogP contribution is 2.39. The van der Waals surface area contributed by atoms with Gasteiger partial charge in [-0.05, 0) is 30.7 Å². The fourth-order valence-corrected chi connectivity index (χ4v) is 4.30. The zero-order valence-corrected chi connectivity index (χ0v) is 12.7. The molecule has 0 amide bonds. The van der Waals surface area contributed by atoms with Crippen LogP contribution in [0.5, 0.6) is 0 Å². The van der Waals surface area contributed by atoms with Gasteiger partial charge in [0.05, 0.1) is 10.3 Å². The van der Waals surface area contributed by atoms with Gasteiger partial charge in [-0.3, -0.25) is 10.1 Å². The van der Waals surface area contributed by atoms with Crippen LogP contribution in [0.25, 0.3) is 16.0 Å². The maximum absolute atomic E-state index is 10.8. The number of hydrogen-bond acceptors (Lipinski definition) is 6. The summed E-state index contributed by atoms with van der Waals surface area (Å²) in [6, 6.07) is 0. The van der Waals surface area contributed by atoms with Crippen LogP contribution < -0.4 is 0 Å². The molecule has 3 aromatic heterocycles. The fourth-order valence-electron chi connectivity index (χ4n) is 2.96. The molecule has 22 heavy (non-hydrogen) atoms. The van der Waals surface area contributed by atoms with E-state index in [1.54, 1.807) is 11.3 Å². The van der Waals surface area contributed by atoms with Gasteiger partial charge in [0, 0.05) is 4.88 Å². The maximum Gasteiger partial charge on any atom is 0.307 e. The highest BCUT2D eigenvalue weighted by Gasteiger charge is 2.24. The molecule has 0 radical (unpaired) electrons. The van der Waals surface area contributed by atoms with Crippen LogP contribution in [0, 0.1) is 16.0 Å². The van der Waals surface area contributed by atoms with Gasteiger partial charge in [0.2, 0.25) is 0 Å². The number of thiophene rings is 1. The van der Waals surface area contributed by atoms with E-state index in [0.717, 1.165) is 29.5 Å². The number of fused-ring (bicyclic) bond motifs is 3. The quantitative estimate of drug-likeness (QED) is 0.536. The van der Waals surface area contributed by atoms with Crippen molar-refractivity contribution in [1.29, 1.82) is 0 Å². The summed E-state index contributed by atoms with van der Waals surface area (Å²) < 4.78 is 1.48. The minimum absolute atomic E-state index is 0.0375. The summed E-state index contributed by atoms with van der Waals surface area (Å²) in [5, 5.41) is 15.9. The summed E-state index contributed by atoms with van der Waals surface area (Å²) in [4.78, 5) is 21.4. The normalized spacial score (nSPS) is 17.6. The minimum Gasteiger partial charge on any atom is -0.258 e. The van der Waals surface area contributed by atoms with E-state index in [9.17, 15) is 10.1 Å². The van der Waals surface area contributed by atoms with Crippen LogP contribution >= 0.6 is 11.3 Å². The van der Waals surface area contributed by atoms with Crippen molar-refractivity contribution in [1.82, 2.24) is 19.7 Å². The van der Waals surface area contributed by atoms with Gasteiger partial charge < -0.3 is 0 Å². The van der Waals surface area contributed by atoms with Gasteiger partial charge >= 0.3 is 5.69 Å². The molecule has 8 heteroatoms. The number of aromatic nitrogens is 4. The molecule has 1 aliphatic rings. The average molecular weight is 315 g/mol. The Morgan fingerprint density at radius 1 is 1.45 bits per heavy atom. The summed E-state index contributed by atoms with van der Waals surface area (Å²) >= 11 is 1.70. The van der Waals surface area contributed by atoms with Crippen LogP contribution in [-0.4, -0.2) is 24.7 Å². The molecule has 0 aliphatic heterocycles. The molecule has 4 rings (SSSR count). The van der Waals surface area contributed by atoms with E-state index in [1.807, 2.05) is 0 Å². The Bertz CT molecular complexity index is 885. The molecule has 0 N–H and O–H groups in total. The molecule has 0 aromatic carbocycles. The number of rotatable bonds is 2. The Hall–Kier alpha value is -2.35. The number of nitro groups is 1. The second-order valence-electron chi connectivity index (χ2n) is 5.63. The molecule has 112 valence electrons. The molecule has 0 saturated carbocycles. The topological polar surface area (TPSA) is 86.7 Å². The number of aryl methyl sites for hydroxylation is 1. The summed E-state index contributed by atoms with van der Waals surface area (Å²) in [5.74, 6) is 1.31. The molecule has 3 heterocycles. The lowest BCUT2D eigenvalue weighted by Crippen LogP contribution is -2.09. The largest absolute Gasteiger partial charge is 0.307 e. The lowest BCUT2D eigenvalue weighted by molar-refractivity contribution is -0.384. The lowest BCUT2D eigenvalue weighted by atomic mass is 9.89. The van der Waals surface area contributed by atoms with Crippen molar-refractivity contribution in [2.45, 2.75) is 26.2 Å². The molecule has 0 unspecified atom stereocenters. The van der Waals surface area contributed by atoms with Crippen molar-refractivity contribution in [2.75, 3.05) is 0 Å². The van der Waals surface area contributed by atoms with Crippen molar-refractivity contribution in [3.8, 4) is 5.82 Å². The molecule has 0 fully saturated rings. The highest BCUT2D eigenvalue weighted by atomic mass is 32.1. The van der Waals surface area contributed by atoms with E-state index in [0.29, 0.717) is 11.7 Å². The maximum atomic E-state index is 10.8. The summed E-state index contributed by atoms with van der Waals surface area (Å²) in [5.41, 5.74) is 1.25. The second kappa shape index (κ2) is 4.84. The molecular weight excluding hydrogens is 302 g/mol. The first-order chi connectivity index (χ1) is 10.6. The SMILES string of the molecule is C[C@H]1CCc2c(sc3ncnc(-n4cc([N+](=O)[O-])cn4)c23)C1. The monoisotopic (exact) mass is 315 g/mol. The van der Waals surface area contributed by atoms with Gasteiger partial charge in [0.1, 0.15) is 23.6 Å². The summed E-state index contributed by atoms with van der Waals surface area (Å²) in [7, 11) is 0. The van der Waals surface area contributed by atoms with E-state index in [2.05, 4.69) is 22.0 Å². The third-order valence-corrected chi connectivity index (χ3v) is 5.23. The summed E-state index contributed by atoms with van der Waals surface area (Å²) in [6.07, 6.45) is 7.35. The van der Waals surface area contributed by atoms with Crippen LogP contribution in [0.4, 0.5) is 5.69 Å². The molecule has 1 aliphatic carbocycles. The van der Waals surface area contributed by atoms with Gasteiger partial charge in [-0.25, -0.2) is 14.6 Å². The number of nitrogens with zero attached hydrogens (tertiary/aromatic N) is 5.